The molecule has 7 heteroatoms. The van der Waals surface area contributed by atoms with Crippen molar-refractivity contribution in [3.8, 4) is 6.07 Å². The summed E-state index contributed by atoms with van der Waals surface area (Å²) in [5, 5.41) is 19.9. The molecule has 2 rings (SSSR count). The highest BCUT2D eigenvalue weighted by molar-refractivity contribution is 5.77. The number of nitrogens with zero attached hydrogens (tertiary/aromatic N) is 3. The van der Waals surface area contributed by atoms with Gasteiger partial charge in [-0.05, 0) is 12.8 Å². The maximum atomic E-state index is 11.4. The van der Waals surface area contributed by atoms with E-state index in [1.807, 2.05) is 11.0 Å². The summed E-state index contributed by atoms with van der Waals surface area (Å²) in [4.78, 5) is 23.7. The molecule has 2 N–H and O–H groups in total. The minimum Gasteiger partial charge on any atom is -0.370 e. The van der Waals surface area contributed by atoms with Gasteiger partial charge in [0.1, 0.15) is 0 Å². The number of carbonyl (C=O) groups excluding carboxylic acids is 1. The van der Waals surface area contributed by atoms with Gasteiger partial charge in [0.25, 0.3) is 5.69 Å². The molecular formula is C15H16N4O3. The fraction of sp³-hybridized carbons (Fsp3) is 0.333. The number of nitro benzene ring substituents is 1. The number of primary amides is 1. The average molecular weight is 300 g/mol. The lowest BCUT2D eigenvalue weighted by Gasteiger charge is -2.34. The van der Waals surface area contributed by atoms with Gasteiger partial charge in [0.15, 0.2) is 0 Å². The Bertz CT molecular complexity index is 663. The molecule has 114 valence electrons. The SMILES string of the molecule is N#C/C=C(/c1cccc([N+](=O)[O-])c1)N1CCC[C@@H](C(N)=O)C1. The number of likely N-dealkylation sites (tertiary alicyclic amines) is 1. The first kappa shape index (κ1) is 15.5. The van der Waals surface area contributed by atoms with Gasteiger partial charge in [0.2, 0.25) is 5.91 Å². The van der Waals surface area contributed by atoms with Crippen LogP contribution in [0.4, 0.5) is 5.69 Å². The number of hydrogen-bond acceptors (Lipinski definition) is 5. The van der Waals surface area contributed by atoms with Crippen molar-refractivity contribution in [3.05, 3.63) is 46.0 Å². The zero-order valence-electron chi connectivity index (χ0n) is 11.9. The van der Waals surface area contributed by atoms with E-state index in [4.69, 9.17) is 11.0 Å². The van der Waals surface area contributed by atoms with Crippen LogP contribution in [-0.4, -0.2) is 28.8 Å². The summed E-state index contributed by atoms with van der Waals surface area (Å²) in [6.07, 6.45) is 2.86. The normalized spacial score (nSPS) is 18.6. The van der Waals surface area contributed by atoms with E-state index >= 15 is 0 Å². The second kappa shape index (κ2) is 6.72. The molecule has 0 spiro atoms. The standard InChI is InChI=1S/C15H16N4O3/c16-7-6-14(11-3-1-5-13(9-11)19(21)22)18-8-2-4-12(10-18)15(17)20/h1,3,5-6,9,12H,2,4,8,10H2,(H2,17,20)/b14-6-/t12-/m1/s1. The minimum absolute atomic E-state index is 0.0372. The van der Waals surface area contributed by atoms with E-state index in [2.05, 4.69) is 0 Å². The van der Waals surface area contributed by atoms with Gasteiger partial charge in [-0.3, -0.25) is 14.9 Å². The van der Waals surface area contributed by atoms with Crippen LogP contribution in [0.3, 0.4) is 0 Å². The number of nitro groups is 1. The van der Waals surface area contributed by atoms with E-state index in [1.54, 1.807) is 12.1 Å². The van der Waals surface area contributed by atoms with Crippen LogP contribution >= 0.6 is 0 Å². The Morgan fingerprint density at radius 2 is 2.32 bits per heavy atom. The third-order valence-electron chi connectivity index (χ3n) is 3.72. The number of nitriles is 1. The molecule has 1 atom stereocenters. The second-order valence-corrected chi connectivity index (χ2v) is 5.15. The molecule has 0 bridgehead atoms. The minimum atomic E-state index is -0.476. The Hall–Kier alpha value is -2.88. The first-order valence-corrected chi connectivity index (χ1v) is 6.92. The Balaban J connectivity index is 2.33. The molecule has 0 unspecified atom stereocenters. The summed E-state index contributed by atoms with van der Waals surface area (Å²) in [6.45, 7) is 1.10. The van der Waals surface area contributed by atoms with E-state index < -0.39 is 4.92 Å². The first-order chi connectivity index (χ1) is 10.5. The van der Waals surface area contributed by atoms with Gasteiger partial charge in [-0.25, -0.2) is 0 Å². The maximum Gasteiger partial charge on any atom is 0.270 e. The van der Waals surface area contributed by atoms with Gasteiger partial charge in [-0.1, -0.05) is 12.1 Å². The van der Waals surface area contributed by atoms with Gasteiger partial charge >= 0.3 is 0 Å². The van der Waals surface area contributed by atoms with Gasteiger partial charge in [0.05, 0.1) is 22.6 Å². The van der Waals surface area contributed by atoms with Crippen LogP contribution in [-0.2, 0) is 4.79 Å². The summed E-state index contributed by atoms with van der Waals surface area (Å²) in [7, 11) is 0. The number of piperidine rings is 1. The van der Waals surface area contributed by atoms with Crippen LogP contribution in [0.2, 0.25) is 0 Å². The third kappa shape index (κ3) is 3.41. The molecule has 0 aliphatic carbocycles. The molecule has 0 radical (unpaired) electrons. The van der Waals surface area contributed by atoms with E-state index in [0.29, 0.717) is 24.4 Å². The Morgan fingerprint density at radius 3 is 2.95 bits per heavy atom. The highest BCUT2D eigenvalue weighted by Gasteiger charge is 2.26. The molecule has 0 aromatic heterocycles. The zero-order valence-corrected chi connectivity index (χ0v) is 11.9. The van der Waals surface area contributed by atoms with Gasteiger partial charge in [0, 0.05) is 36.9 Å². The molecule has 1 heterocycles. The van der Waals surface area contributed by atoms with Crippen molar-refractivity contribution in [2.45, 2.75) is 12.8 Å². The number of amides is 1. The lowest BCUT2D eigenvalue weighted by molar-refractivity contribution is -0.384. The second-order valence-electron chi connectivity index (χ2n) is 5.15. The monoisotopic (exact) mass is 300 g/mol. The number of hydrogen-bond donors (Lipinski definition) is 1. The average Bonchev–Trinajstić information content (AvgIpc) is 2.52. The summed E-state index contributed by atoms with van der Waals surface area (Å²) in [5.41, 5.74) is 6.49. The van der Waals surface area contributed by atoms with Crippen molar-refractivity contribution in [1.29, 1.82) is 5.26 Å². The van der Waals surface area contributed by atoms with E-state index in [-0.39, 0.29) is 17.5 Å². The van der Waals surface area contributed by atoms with Crippen LogP contribution in [0.15, 0.2) is 30.3 Å². The molecule has 1 aromatic carbocycles. The zero-order chi connectivity index (χ0) is 16.1. The smallest absolute Gasteiger partial charge is 0.270 e. The van der Waals surface area contributed by atoms with Crippen molar-refractivity contribution in [3.63, 3.8) is 0 Å². The number of carbonyl (C=O) groups is 1. The van der Waals surface area contributed by atoms with Crippen molar-refractivity contribution >= 4 is 17.3 Å². The van der Waals surface area contributed by atoms with Crippen molar-refractivity contribution in [1.82, 2.24) is 4.90 Å². The lowest BCUT2D eigenvalue weighted by Crippen LogP contribution is -2.40. The molecule has 1 aliphatic heterocycles. The lowest BCUT2D eigenvalue weighted by atomic mass is 9.96. The fourth-order valence-corrected chi connectivity index (χ4v) is 2.63. The first-order valence-electron chi connectivity index (χ1n) is 6.92. The number of nitrogens with two attached hydrogens (primary N) is 1. The molecule has 1 fully saturated rings. The van der Waals surface area contributed by atoms with Crippen molar-refractivity contribution in [2.75, 3.05) is 13.1 Å². The number of allylic oxidation sites excluding steroid dienone is 1. The van der Waals surface area contributed by atoms with Crippen molar-refractivity contribution in [2.24, 2.45) is 11.7 Å². The summed E-state index contributed by atoms with van der Waals surface area (Å²) in [6, 6.07) is 8.08. The Kier molecular flexibility index (Phi) is 4.73. The third-order valence-corrected chi connectivity index (χ3v) is 3.72. The van der Waals surface area contributed by atoms with E-state index in [0.717, 1.165) is 12.8 Å². The molecule has 0 saturated carbocycles. The molecule has 1 aliphatic rings. The Morgan fingerprint density at radius 1 is 1.55 bits per heavy atom. The maximum absolute atomic E-state index is 11.4. The van der Waals surface area contributed by atoms with E-state index in [1.165, 1.54) is 18.2 Å². The van der Waals surface area contributed by atoms with E-state index in [9.17, 15) is 14.9 Å². The highest BCUT2D eigenvalue weighted by atomic mass is 16.6. The highest BCUT2D eigenvalue weighted by Crippen LogP contribution is 2.27. The molecule has 1 saturated heterocycles. The predicted octanol–water partition coefficient (Wildman–Crippen LogP) is 1.66. The number of rotatable bonds is 4. The quantitative estimate of drug-likeness (QED) is 0.516. The molecule has 1 amide bonds. The molecule has 7 nitrogen and oxygen atoms in total. The van der Waals surface area contributed by atoms with Crippen LogP contribution < -0.4 is 5.73 Å². The summed E-state index contributed by atoms with van der Waals surface area (Å²) in [5.74, 6) is -0.630. The predicted molar refractivity (Wildman–Crippen MR) is 80.2 cm³/mol. The van der Waals surface area contributed by atoms with Crippen molar-refractivity contribution < 1.29 is 9.72 Å². The largest absolute Gasteiger partial charge is 0.370 e. The van der Waals surface area contributed by atoms with Crippen LogP contribution in [0.1, 0.15) is 18.4 Å². The summed E-state index contributed by atoms with van der Waals surface area (Å²) < 4.78 is 0. The Labute approximate surface area is 127 Å². The molecule has 22 heavy (non-hydrogen) atoms. The van der Waals surface area contributed by atoms with Gasteiger partial charge in [-0.15, -0.1) is 0 Å². The number of non-ortho nitro benzene ring substituents is 1. The molecular weight excluding hydrogens is 284 g/mol. The summed E-state index contributed by atoms with van der Waals surface area (Å²) >= 11 is 0. The van der Waals surface area contributed by atoms with Crippen LogP contribution in [0.5, 0.6) is 0 Å². The molecule has 1 aromatic rings. The van der Waals surface area contributed by atoms with Crippen LogP contribution in [0.25, 0.3) is 5.70 Å². The fourth-order valence-electron chi connectivity index (χ4n) is 2.63. The topological polar surface area (TPSA) is 113 Å². The number of benzene rings is 1. The van der Waals surface area contributed by atoms with Gasteiger partial charge < -0.3 is 10.6 Å². The van der Waals surface area contributed by atoms with Gasteiger partial charge in [-0.2, -0.15) is 5.26 Å². The van der Waals surface area contributed by atoms with Crippen LogP contribution in [0, 0.1) is 27.4 Å².